The number of anilines is 3. The maximum absolute atomic E-state index is 12.9. The molecular formula is C97H108N24O9S3. The molecule has 20 rings (SSSR count). The molecule has 0 radical (unpaired) electrons. The molecule has 14 aromatic rings. The molecule has 3 amide bonds. The maximum Gasteiger partial charge on any atom is 0.223 e. The van der Waals surface area contributed by atoms with E-state index in [2.05, 4.69) is 115 Å². The molecule has 0 aliphatic carbocycles. The van der Waals surface area contributed by atoms with Crippen LogP contribution in [0.1, 0.15) is 85.2 Å². The molecule has 0 bridgehead atoms. The Hall–Kier alpha value is -12.7. The van der Waals surface area contributed by atoms with E-state index in [-0.39, 0.29) is 79.0 Å². The highest BCUT2D eigenvalue weighted by Gasteiger charge is 2.31. The van der Waals surface area contributed by atoms with Gasteiger partial charge in [-0.1, -0.05) is 69.3 Å². The van der Waals surface area contributed by atoms with Crippen molar-refractivity contribution < 1.29 is 43.0 Å². The number of ether oxygens (including phenoxy) is 3. The number of carbonyl (C=O) groups excluding carboxylic acids is 6. The van der Waals surface area contributed by atoms with Gasteiger partial charge in [0.1, 0.15) is 0 Å². The molecule has 688 valence electrons. The standard InChI is InChI=1S/C33H34N8O3S.C32H35N9O3S.C32H39N7O3S/c42-24(7-6-23-3-2-10-34-20-23)8-9-30(43)40-13-11-39(12-14-40)22-25-19-29-31(45-25)33(41-15-17-44-18-16-41)37-32(36-29)26-4-1-5-28-27(26)21-35-38-28;1-38-21-33-18-22(38)5-6-23(42)7-8-29(43)40-11-9-39(10-12-40)20-24-17-28-30(45-24)32(41-13-15-44-16-14-41)36-31(35-28)25-3-2-4-27-26(25)19-34-37-27;1-32(2,3)10-9-22(40)7-8-28(41)38-13-11-37(12-14-38)21-23-19-27-29(43-23)31(39-15-17-42-18-16-39)35-30(34-27)24-5-4-6-26-25(24)20-33-36-26/h1-7,10,19-21H,8-9,11-18,22H2,(H,35,38);2-6,17-19,21H,7-16,20H2,1H3,(H,34,37);4-6,9-10,19-20H,7-8,11-18,21H2,1-3H3,(H,33,36)/b7-6+;6-5+;10-9+. The fourth-order valence-corrected chi connectivity index (χ4v) is 20.7. The van der Waals surface area contributed by atoms with Gasteiger partial charge in [0.25, 0.3) is 0 Å². The SMILES string of the molecule is CC(C)(C)/C=C/C(=O)CCC(=O)N1CCN(Cc2cc3nc(-c4cccc5[nH]ncc45)nc(N4CCOCC4)c3s2)CC1.Cn1cncc1/C=C/C(=O)CCC(=O)N1CCN(Cc2cc3nc(-c4cccc5[nH]ncc45)nc(N4CCOCC4)c3s2)CC1.O=C(/C=C/c1cccnc1)CCC(=O)N1CCN(Cc2cc3nc(-c4cccc5[nH]ncc45)nc(N4CCOCC4)c3s2)CC1. The minimum Gasteiger partial charge on any atom is -0.378 e. The molecule has 0 saturated carbocycles. The third kappa shape index (κ3) is 22.5. The van der Waals surface area contributed by atoms with Gasteiger partial charge in [0.2, 0.25) is 17.7 Å². The molecular weight excluding hydrogens is 1740 g/mol. The molecule has 33 nitrogen and oxygen atoms in total. The summed E-state index contributed by atoms with van der Waals surface area (Å²) in [5.41, 5.74) is 10.2. The van der Waals surface area contributed by atoms with Crippen LogP contribution in [0.25, 0.3) is 110 Å². The Balaban J connectivity index is 0.000000134. The van der Waals surface area contributed by atoms with Crippen molar-refractivity contribution in [2.24, 2.45) is 12.5 Å². The van der Waals surface area contributed by atoms with Crippen LogP contribution in [0.3, 0.4) is 0 Å². The van der Waals surface area contributed by atoms with Crippen molar-refractivity contribution in [3.8, 4) is 34.2 Å². The van der Waals surface area contributed by atoms with Crippen LogP contribution in [0.4, 0.5) is 17.5 Å². The highest BCUT2D eigenvalue weighted by Crippen LogP contribution is 2.41. The van der Waals surface area contributed by atoms with Gasteiger partial charge in [-0.05, 0) is 83.8 Å². The summed E-state index contributed by atoms with van der Waals surface area (Å²) in [6.45, 7) is 26.0. The van der Waals surface area contributed by atoms with Crippen LogP contribution in [0, 0.1) is 5.41 Å². The highest BCUT2D eigenvalue weighted by molar-refractivity contribution is 7.20. The monoisotopic (exact) mass is 1850 g/mol. The molecule has 0 spiro atoms. The number of carbonyl (C=O) groups is 6. The summed E-state index contributed by atoms with van der Waals surface area (Å²) < 4.78 is 22.0. The van der Waals surface area contributed by atoms with Crippen LogP contribution in [0.15, 0.2) is 153 Å². The Labute approximate surface area is 781 Å². The first kappa shape index (κ1) is 90.9. The van der Waals surface area contributed by atoms with Gasteiger partial charge < -0.3 is 48.2 Å². The summed E-state index contributed by atoms with van der Waals surface area (Å²) in [7, 11) is 1.87. The summed E-state index contributed by atoms with van der Waals surface area (Å²) >= 11 is 5.24. The second-order valence-corrected chi connectivity index (χ2v) is 38.5. The molecule has 6 fully saturated rings. The van der Waals surface area contributed by atoms with Gasteiger partial charge in [-0.25, -0.2) is 34.9 Å². The predicted molar refractivity (Wildman–Crippen MR) is 519 cm³/mol. The number of rotatable bonds is 26. The largest absolute Gasteiger partial charge is 0.378 e. The lowest BCUT2D eigenvalue weighted by Crippen LogP contribution is -2.48. The van der Waals surface area contributed by atoms with Gasteiger partial charge in [-0.15, -0.1) is 34.0 Å². The quantitative estimate of drug-likeness (QED) is 0.0424. The van der Waals surface area contributed by atoms with Crippen LogP contribution in [0.2, 0.25) is 0 Å². The summed E-state index contributed by atoms with van der Waals surface area (Å²) in [4.78, 5) is 137. The molecule has 3 aromatic carbocycles. The Morgan fingerprint density at radius 3 is 1.10 bits per heavy atom. The van der Waals surface area contributed by atoms with Gasteiger partial charge in [0, 0.05) is 243 Å². The van der Waals surface area contributed by atoms with Crippen molar-refractivity contribution in [1.82, 2.24) is 104 Å². The Morgan fingerprint density at radius 1 is 0.398 bits per heavy atom. The number of aryl methyl sites for hydroxylation is 1. The lowest BCUT2D eigenvalue weighted by molar-refractivity contribution is -0.134. The number of benzene rings is 3. The third-order valence-corrected chi connectivity index (χ3v) is 27.9. The number of aromatic nitrogens is 15. The number of thiophene rings is 3. The number of allylic oxidation sites excluding steroid dienone is 4. The van der Waals surface area contributed by atoms with Crippen LogP contribution >= 0.6 is 34.0 Å². The normalized spacial score (nSPS) is 16.5. The maximum atomic E-state index is 12.9. The summed E-state index contributed by atoms with van der Waals surface area (Å²) in [6, 6.07) is 28.4. The van der Waals surface area contributed by atoms with Gasteiger partial charge in [0.05, 0.1) is 124 Å². The van der Waals surface area contributed by atoms with Crippen LogP contribution in [-0.4, -0.2) is 297 Å². The van der Waals surface area contributed by atoms with E-state index in [9.17, 15) is 28.8 Å². The zero-order valence-electron chi connectivity index (χ0n) is 75.2. The number of amides is 3. The molecule has 6 aliphatic rings. The first-order chi connectivity index (χ1) is 64.8. The van der Waals surface area contributed by atoms with Gasteiger partial charge in [-0.3, -0.25) is 63.7 Å². The van der Waals surface area contributed by atoms with E-state index in [1.807, 2.05) is 112 Å². The Morgan fingerprint density at radius 2 is 0.759 bits per heavy atom. The number of H-pyrrole nitrogens is 3. The average Bonchev–Trinajstić information content (AvgIpc) is 1.71. The zero-order chi connectivity index (χ0) is 91.3. The summed E-state index contributed by atoms with van der Waals surface area (Å²) in [5, 5.41) is 24.8. The third-order valence-electron chi connectivity index (χ3n) is 24.6. The van der Waals surface area contributed by atoms with E-state index >= 15 is 0 Å². The number of nitrogens with one attached hydrogen (secondary N) is 3. The second-order valence-electron chi connectivity index (χ2n) is 35.1. The van der Waals surface area contributed by atoms with E-state index in [0.717, 1.165) is 207 Å². The van der Waals surface area contributed by atoms with Crippen LogP contribution in [-0.2, 0) is 69.7 Å². The van der Waals surface area contributed by atoms with Crippen molar-refractivity contribution in [3.05, 3.63) is 179 Å². The fourth-order valence-electron chi connectivity index (χ4n) is 17.2. The molecule has 11 aromatic heterocycles. The highest BCUT2D eigenvalue weighted by atomic mass is 32.1. The number of hydrogen-bond donors (Lipinski definition) is 3. The van der Waals surface area contributed by atoms with E-state index in [1.165, 1.54) is 26.8 Å². The van der Waals surface area contributed by atoms with Crippen molar-refractivity contribution in [1.29, 1.82) is 0 Å². The molecule has 0 atom stereocenters. The van der Waals surface area contributed by atoms with E-state index in [1.54, 1.807) is 77.2 Å². The summed E-state index contributed by atoms with van der Waals surface area (Å²) in [6.07, 6.45) is 23.7. The van der Waals surface area contributed by atoms with Crippen molar-refractivity contribution in [2.75, 3.05) is 172 Å². The molecule has 17 heterocycles. The number of nitrogens with zero attached hydrogens (tertiary/aromatic N) is 21. The molecule has 36 heteroatoms. The molecule has 3 N–H and O–H groups in total. The number of aromatic amines is 3. The average molecular weight is 1850 g/mol. The molecule has 6 aliphatic heterocycles. The second kappa shape index (κ2) is 42.1. The first-order valence-corrected chi connectivity index (χ1v) is 48.0. The van der Waals surface area contributed by atoms with E-state index < -0.39 is 0 Å². The number of fused-ring (bicyclic) bond motifs is 6. The number of morpholine rings is 3. The molecule has 133 heavy (non-hydrogen) atoms. The van der Waals surface area contributed by atoms with Crippen molar-refractivity contribution >= 4 is 162 Å². The van der Waals surface area contributed by atoms with Crippen LogP contribution < -0.4 is 14.7 Å². The number of imidazole rings is 1. The number of ketones is 3. The number of piperazine rings is 3. The topological polar surface area (TPSA) is 353 Å². The number of pyridine rings is 1. The van der Waals surface area contributed by atoms with Crippen molar-refractivity contribution in [3.63, 3.8) is 0 Å². The summed E-state index contributed by atoms with van der Waals surface area (Å²) in [5.74, 6) is 4.97. The van der Waals surface area contributed by atoms with Gasteiger partial charge in [0.15, 0.2) is 52.3 Å². The van der Waals surface area contributed by atoms with Crippen LogP contribution in [0.5, 0.6) is 0 Å². The zero-order valence-corrected chi connectivity index (χ0v) is 77.7. The molecule has 0 unspecified atom stereocenters. The smallest absolute Gasteiger partial charge is 0.223 e. The Bertz CT molecular complexity index is 6580. The Kier molecular flexibility index (Phi) is 28.7. The van der Waals surface area contributed by atoms with Gasteiger partial charge in [-0.2, -0.15) is 15.3 Å². The minimum absolute atomic E-state index is 0.0100. The first-order valence-electron chi connectivity index (χ1n) is 45.5. The fraction of sp³-hybridized carbons (Fsp3) is 0.392. The van der Waals surface area contributed by atoms with Crippen molar-refractivity contribution in [2.45, 2.75) is 78.9 Å². The lowest BCUT2D eigenvalue weighted by atomic mass is 9.95. The molecule has 6 saturated heterocycles. The minimum atomic E-state index is -0.0582. The van der Waals surface area contributed by atoms with E-state index in [4.69, 9.17) is 44.1 Å². The van der Waals surface area contributed by atoms with E-state index in [0.29, 0.717) is 96.4 Å². The van der Waals surface area contributed by atoms with Gasteiger partial charge >= 0.3 is 0 Å². The predicted octanol–water partition coefficient (Wildman–Crippen LogP) is 12.4. The lowest BCUT2D eigenvalue weighted by Gasteiger charge is -2.34. The number of hydrogen-bond acceptors (Lipinski definition) is 29.